The highest BCUT2D eigenvalue weighted by Gasteiger charge is 2.22. The summed E-state index contributed by atoms with van der Waals surface area (Å²) >= 11 is 0. The molecule has 0 unspecified atom stereocenters. The fourth-order valence-electron chi connectivity index (χ4n) is 1.74. The van der Waals surface area contributed by atoms with E-state index in [1.807, 2.05) is 0 Å². The fourth-order valence-corrected chi connectivity index (χ4v) is 1.74. The molecular weight excluding hydrogens is 312 g/mol. The van der Waals surface area contributed by atoms with Crippen molar-refractivity contribution in [1.29, 1.82) is 0 Å². The number of aromatic hydroxyl groups is 5. The van der Waals surface area contributed by atoms with Gasteiger partial charge in [0.05, 0.1) is 5.56 Å². The van der Waals surface area contributed by atoms with Gasteiger partial charge >= 0.3 is 11.9 Å². The maximum Gasteiger partial charge on any atom is 0.343 e. The highest BCUT2D eigenvalue weighted by molar-refractivity contribution is 5.97. The zero-order valence-corrected chi connectivity index (χ0v) is 11.2. The highest BCUT2D eigenvalue weighted by Crippen LogP contribution is 2.37. The number of phenolic OH excluding ortho intramolecular Hbond substituents is 5. The van der Waals surface area contributed by atoms with E-state index < -0.39 is 57.6 Å². The van der Waals surface area contributed by atoms with E-state index in [4.69, 9.17) is 9.84 Å². The second-order valence-corrected chi connectivity index (χ2v) is 4.40. The molecule has 9 nitrogen and oxygen atoms in total. The van der Waals surface area contributed by atoms with Crippen LogP contribution in [0.3, 0.4) is 0 Å². The molecule has 0 bridgehead atoms. The summed E-state index contributed by atoms with van der Waals surface area (Å²) in [6.45, 7) is 0. The van der Waals surface area contributed by atoms with Crippen molar-refractivity contribution < 1.29 is 45.0 Å². The lowest BCUT2D eigenvalue weighted by molar-refractivity contribution is 0.0677. The van der Waals surface area contributed by atoms with E-state index in [-0.39, 0.29) is 0 Å². The molecule has 2 rings (SSSR count). The van der Waals surface area contributed by atoms with Crippen LogP contribution in [0.15, 0.2) is 24.3 Å². The van der Waals surface area contributed by atoms with E-state index in [0.29, 0.717) is 0 Å². The van der Waals surface area contributed by atoms with Gasteiger partial charge in [0.1, 0.15) is 11.3 Å². The molecule has 2 aromatic carbocycles. The molecular formula is C14H10O9. The Bertz CT molecular complexity index is 787. The maximum absolute atomic E-state index is 11.9. The third-order valence-electron chi connectivity index (χ3n) is 2.78. The van der Waals surface area contributed by atoms with Crippen LogP contribution in [0.4, 0.5) is 0 Å². The van der Waals surface area contributed by atoms with Crippen LogP contribution in [0, 0.1) is 0 Å². The molecule has 0 radical (unpaired) electrons. The van der Waals surface area contributed by atoms with Crippen LogP contribution in [0.25, 0.3) is 0 Å². The van der Waals surface area contributed by atoms with Crippen molar-refractivity contribution in [2.45, 2.75) is 0 Å². The zero-order chi connectivity index (χ0) is 17.3. The zero-order valence-electron chi connectivity index (χ0n) is 11.2. The van der Waals surface area contributed by atoms with Crippen molar-refractivity contribution in [3.63, 3.8) is 0 Å². The van der Waals surface area contributed by atoms with Gasteiger partial charge in [0.15, 0.2) is 28.7 Å². The number of benzene rings is 2. The third kappa shape index (κ3) is 3.02. The molecule has 0 atom stereocenters. The minimum Gasteiger partial charge on any atom is -0.508 e. The Labute approximate surface area is 127 Å². The van der Waals surface area contributed by atoms with Gasteiger partial charge in [0.2, 0.25) is 0 Å². The molecule has 0 aliphatic heterocycles. The molecule has 0 heterocycles. The smallest absolute Gasteiger partial charge is 0.343 e. The number of carboxylic acids is 1. The number of hydrogen-bond acceptors (Lipinski definition) is 8. The second-order valence-electron chi connectivity index (χ2n) is 4.40. The number of ether oxygens (including phenoxy) is 1. The van der Waals surface area contributed by atoms with Gasteiger partial charge in [-0.05, 0) is 18.2 Å². The summed E-state index contributed by atoms with van der Waals surface area (Å²) in [6, 6.07) is 3.07. The molecule has 0 fully saturated rings. The molecule has 0 aliphatic rings. The molecule has 0 amide bonds. The summed E-state index contributed by atoms with van der Waals surface area (Å²) < 4.78 is 4.74. The molecule has 0 aromatic heterocycles. The lowest BCUT2D eigenvalue weighted by Gasteiger charge is -2.11. The molecule has 2 aromatic rings. The van der Waals surface area contributed by atoms with E-state index in [0.717, 1.165) is 24.3 Å². The van der Waals surface area contributed by atoms with Gasteiger partial charge in [0, 0.05) is 6.07 Å². The van der Waals surface area contributed by atoms with E-state index in [2.05, 4.69) is 0 Å². The lowest BCUT2D eigenvalue weighted by atomic mass is 10.1. The van der Waals surface area contributed by atoms with Crippen LogP contribution in [0.1, 0.15) is 20.7 Å². The summed E-state index contributed by atoms with van der Waals surface area (Å²) in [5, 5.41) is 55.8. The summed E-state index contributed by atoms with van der Waals surface area (Å²) in [5.41, 5.74) is -1.09. The Balaban J connectivity index is 2.44. The molecule has 23 heavy (non-hydrogen) atoms. The monoisotopic (exact) mass is 322 g/mol. The highest BCUT2D eigenvalue weighted by atomic mass is 16.5. The van der Waals surface area contributed by atoms with Gasteiger partial charge in [-0.2, -0.15) is 0 Å². The number of phenols is 5. The quantitative estimate of drug-likeness (QED) is 0.276. The second kappa shape index (κ2) is 5.64. The average molecular weight is 322 g/mol. The largest absolute Gasteiger partial charge is 0.508 e. The molecule has 0 spiro atoms. The maximum atomic E-state index is 11.9. The van der Waals surface area contributed by atoms with E-state index in [1.54, 1.807) is 0 Å². The average Bonchev–Trinajstić information content (AvgIpc) is 2.46. The standard InChI is InChI=1S/C14H10O9/c15-6-3-7(13(20)21)12(10(18)4-6)23-14(22)5-1-8(16)11(19)9(17)2-5/h1-4,15-19H,(H,20,21). The van der Waals surface area contributed by atoms with Crippen molar-refractivity contribution >= 4 is 11.9 Å². The summed E-state index contributed by atoms with van der Waals surface area (Å²) in [5.74, 6) is -7.33. The van der Waals surface area contributed by atoms with Crippen molar-refractivity contribution in [1.82, 2.24) is 0 Å². The van der Waals surface area contributed by atoms with Crippen LogP contribution in [-0.2, 0) is 0 Å². The minimum atomic E-state index is -1.57. The summed E-state index contributed by atoms with van der Waals surface area (Å²) in [7, 11) is 0. The number of aromatic carboxylic acids is 1. The van der Waals surface area contributed by atoms with Crippen LogP contribution < -0.4 is 4.74 Å². The molecule has 9 heteroatoms. The van der Waals surface area contributed by atoms with Gasteiger partial charge in [-0.15, -0.1) is 0 Å². The van der Waals surface area contributed by atoms with Crippen LogP contribution in [0.5, 0.6) is 34.5 Å². The van der Waals surface area contributed by atoms with E-state index in [9.17, 15) is 35.1 Å². The van der Waals surface area contributed by atoms with E-state index in [1.165, 1.54) is 0 Å². The summed E-state index contributed by atoms with van der Waals surface area (Å²) in [6.07, 6.45) is 0. The number of hydrogen-bond donors (Lipinski definition) is 6. The van der Waals surface area contributed by atoms with E-state index >= 15 is 0 Å². The third-order valence-corrected chi connectivity index (χ3v) is 2.78. The number of carboxylic acid groups (broad SMARTS) is 1. The van der Waals surface area contributed by atoms with Crippen LogP contribution >= 0.6 is 0 Å². The Morgan fingerprint density at radius 2 is 1.39 bits per heavy atom. The van der Waals surface area contributed by atoms with Crippen molar-refractivity contribution in [2.75, 3.05) is 0 Å². The van der Waals surface area contributed by atoms with Gasteiger partial charge in [0.25, 0.3) is 0 Å². The van der Waals surface area contributed by atoms with Gasteiger partial charge < -0.3 is 35.4 Å². The molecule has 120 valence electrons. The van der Waals surface area contributed by atoms with Crippen LogP contribution in [0.2, 0.25) is 0 Å². The predicted octanol–water partition coefficient (Wildman–Crippen LogP) is 1.13. The van der Waals surface area contributed by atoms with Crippen molar-refractivity contribution in [3.05, 3.63) is 35.4 Å². The Hall–Kier alpha value is -3.62. The summed E-state index contributed by atoms with van der Waals surface area (Å²) in [4.78, 5) is 23.0. The van der Waals surface area contributed by atoms with Gasteiger partial charge in [-0.1, -0.05) is 0 Å². The number of rotatable bonds is 3. The first-order valence-electron chi connectivity index (χ1n) is 5.97. The van der Waals surface area contributed by atoms with Crippen LogP contribution in [-0.4, -0.2) is 42.6 Å². The molecule has 0 aliphatic carbocycles. The van der Waals surface area contributed by atoms with Crippen molar-refractivity contribution in [2.24, 2.45) is 0 Å². The normalized spacial score (nSPS) is 10.3. The predicted molar refractivity (Wildman–Crippen MR) is 73.1 cm³/mol. The number of esters is 1. The fraction of sp³-hybridized carbons (Fsp3) is 0. The van der Waals surface area contributed by atoms with Crippen molar-refractivity contribution in [3.8, 4) is 34.5 Å². The molecule has 6 N–H and O–H groups in total. The van der Waals surface area contributed by atoms with Gasteiger partial charge in [-0.3, -0.25) is 0 Å². The molecule has 0 saturated heterocycles. The first kappa shape index (κ1) is 15.8. The Morgan fingerprint density at radius 3 is 1.91 bits per heavy atom. The topological polar surface area (TPSA) is 165 Å². The first-order valence-corrected chi connectivity index (χ1v) is 5.97. The Morgan fingerprint density at radius 1 is 0.826 bits per heavy atom. The minimum absolute atomic E-state index is 0.415. The lowest BCUT2D eigenvalue weighted by Crippen LogP contribution is -2.11. The number of carbonyl (C=O) groups is 2. The molecule has 0 saturated carbocycles. The SMILES string of the molecule is O=C(Oc1c(O)cc(O)cc1C(=O)O)c1cc(O)c(O)c(O)c1. The van der Waals surface area contributed by atoms with Gasteiger partial charge in [-0.25, -0.2) is 9.59 Å². The number of carbonyl (C=O) groups excluding carboxylic acids is 1. The Kier molecular flexibility index (Phi) is 3.86. The first-order chi connectivity index (χ1) is 10.7.